The highest BCUT2D eigenvalue weighted by Gasteiger charge is 2.50. The molecule has 31 heavy (non-hydrogen) atoms. The molecule has 172 valence electrons. The normalized spacial score (nSPS) is 41.9. The summed E-state index contributed by atoms with van der Waals surface area (Å²) < 4.78 is 31.7. The second-order valence-electron chi connectivity index (χ2n) is 9.78. The van der Waals surface area contributed by atoms with Crippen molar-refractivity contribution < 1.29 is 38.0 Å². The molecular formula is C23H32O8. The zero-order chi connectivity index (χ0) is 21.4. The Kier molecular flexibility index (Phi) is 5.86. The molecule has 0 radical (unpaired) electrons. The van der Waals surface area contributed by atoms with Gasteiger partial charge < -0.3 is 28.4 Å². The van der Waals surface area contributed by atoms with E-state index in [-0.39, 0.29) is 29.8 Å². The lowest BCUT2D eigenvalue weighted by atomic mass is 9.51. The summed E-state index contributed by atoms with van der Waals surface area (Å²) in [6, 6.07) is 0. The first kappa shape index (κ1) is 21.1. The lowest BCUT2D eigenvalue weighted by Gasteiger charge is -2.55. The lowest BCUT2D eigenvalue weighted by molar-refractivity contribution is -0.0468. The first-order valence-corrected chi connectivity index (χ1v) is 11.6. The molecule has 0 N–H and O–H groups in total. The third kappa shape index (κ3) is 4.42. The van der Waals surface area contributed by atoms with Gasteiger partial charge in [0.15, 0.2) is 12.2 Å². The van der Waals surface area contributed by atoms with Crippen LogP contribution in [0, 0.1) is 17.3 Å². The van der Waals surface area contributed by atoms with Crippen molar-refractivity contribution >= 4 is 12.3 Å². The lowest BCUT2D eigenvalue weighted by Crippen LogP contribution is -2.47. The predicted octanol–water partition coefficient (Wildman–Crippen LogP) is 3.76. The molecule has 4 fully saturated rings. The first-order chi connectivity index (χ1) is 15.0. The van der Waals surface area contributed by atoms with Gasteiger partial charge in [0.05, 0.1) is 25.4 Å². The maximum absolute atomic E-state index is 11.0. The maximum Gasteiger partial charge on any atom is 0.508 e. The van der Waals surface area contributed by atoms with E-state index < -0.39 is 12.3 Å². The Bertz CT molecular complexity index is 727. The zero-order valence-corrected chi connectivity index (χ0v) is 18.1. The predicted molar refractivity (Wildman–Crippen MR) is 107 cm³/mol. The molecule has 3 aliphatic carbocycles. The van der Waals surface area contributed by atoms with Crippen LogP contribution in [0.2, 0.25) is 0 Å². The molecule has 0 aromatic rings. The van der Waals surface area contributed by atoms with Crippen molar-refractivity contribution in [1.82, 2.24) is 0 Å². The quantitative estimate of drug-likeness (QED) is 0.440. The van der Waals surface area contributed by atoms with Crippen LogP contribution in [0.15, 0.2) is 11.6 Å². The SMILES string of the molecule is CC1(C2CCC(OCC3COC(=O)O3)CC2)C=C2CC(OCC3COC(=O)O3)CCC21. The van der Waals surface area contributed by atoms with Crippen LogP contribution in [0.4, 0.5) is 9.59 Å². The van der Waals surface area contributed by atoms with Gasteiger partial charge in [-0.2, -0.15) is 0 Å². The summed E-state index contributed by atoms with van der Waals surface area (Å²) in [4.78, 5) is 22.0. The number of hydrogen-bond donors (Lipinski definition) is 0. The van der Waals surface area contributed by atoms with E-state index in [0.717, 1.165) is 32.1 Å². The number of hydrogen-bond acceptors (Lipinski definition) is 8. The summed E-state index contributed by atoms with van der Waals surface area (Å²) in [5, 5.41) is 0. The monoisotopic (exact) mass is 436 g/mol. The summed E-state index contributed by atoms with van der Waals surface area (Å²) >= 11 is 0. The fourth-order valence-electron chi connectivity index (χ4n) is 6.10. The van der Waals surface area contributed by atoms with Gasteiger partial charge in [0, 0.05) is 0 Å². The smallest absolute Gasteiger partial charge is 0.430 e. The third-order valence-corrected chi connectivity index (χ3v) is 7.82. The molecule has 8 heteroatoms. The number of ether oxygens (including phenoxy) is 6. The second kappa shape index (κ2) is 8.62. The summed E-state index contributed by atoms with van der Waals surface area (Å²) in [6.45, 7) is 3.87. The molecule has 5 aliphatic rings. The Hall–Kier alpha value is -1.80. The van der Waals surface area contributed by atoms with Crippen LogP contribution < -0.4 is 0 Å². The molecule has 2 saturated carbocycles. The number of carbonyl (C=O) groups excluding carboxylic acids is 2. The van der Waals surface area contributed by atoms with Gasteiger partial charge in [-0.3, -0.25) is 0 Å². The van der Waals surface area contributed by atoms with E-state index >= 15 is 0 Å². The summed E-state index contributed by atoms with van der Waals surface area (Å²) in [5.41, 5.74) is 1.83. The maximum atomic E-state index is 11.0. The van der Waals surface area contributed by atoms with Crippen LogP contribution in [0.1, 0.15) is 51.9 Å². The van der Waals surface area contributed by atoms with Crippen LogP contribution in [-0.2, 0) is 28.4 Å². The molecule has 0 aromatic carbocycles. The van der Waals surface area contributed by atoms with E-state index in [2.05, 4.69) is 13.0 Å². The van der Waals surface area contributed by atoms with Crippen molar-refractivity contribution in [3.05, 3.63) is 11.6 Å². The Morgan fingerprint density at radius 2 is 1.45 bits per heavy atom. The summed E-state index contributed by atoms with van der Waals surface area (Å²) in [7, 11) is 0. The average molecular weight is 437 g/mol. The van der Waals surface area contributed by atoms with Gasteiger partial charge in [0.2, 0.25) is 0 Å². The molecule has 0 spiro atoms. The molecule has 5 unspecified atom stereocenters. The average Bonchev–Trinajstić information content (AvgIpc) is 3.37. The molecule has 0 aromatic heterocycles. The van der Waals surface area contributed by atoms with Gasteiger partial charge in [-0.05, 0) is 62.2 Å². The van der Waals surface area contributed by atoms with Crippen molar-refractivity contribution in [2.24, 2.45) is 17.3 Å². The Morgan fingerprint density at radius 3 is 2.00 bits per heavy atom. The van der Waals surface area contributed by atoms with E-state index in [1.807, 2.05) is 0 Å². The van der Waals surface area contributed by atoms with Gasteiger partial charge in [0.25, 0.3) is 0 Å². The third-order valence-electron chi connectivity index (χ3n) is 7.82. The molecule has 2 saturated heterocycles. The molecule has 5 rings (SSSR count). The molecule has 0 bridgehead atoms. The Morgan fingerprint density at radius 1 is 0.871 bits per heavy atom. The van der Waals surface area contributed by atoms with Crippen molar-refractivity contribution in [3.8, 4) is 0 Å². The van der Waals surface area contributed by atoms with Crippen LogP contribution in [0.25, 0.3) is 0 Å². The highest BCUT2D eigenvalue weighted by Crippen LogP contribution is 2.59. The molecular weight excluding hydrogens is 404 g/mol. The summed E-state index contributed by atoms with van der Waals surface area (Å²) in [5.74, 6) is 1.36. The topological polar surface area (TPSA) is 89.5 Å². The largest absolute Gasteiger partial charge is 0.508 e. The number of fused-ring (bicyclic) bond motifs is 1. The first-order valence-electron chi connectivity index (χ1n) is 11.6. The molecule has 0 amide bonds. The van der Waals surface area contributed by atoms with Gasteiger partial charge in [-0.25, -0.2) is 9.59 Å². The number of cyclic esters (lactones) is 4. The number of carbonyl (C=O) groups is 2. The van der Waals surface area contributed by atoms with Crippen LogP contribution in [0.5, 0.6) is 0 Å². The zero-order valence-electron chi connectivity index (χ0n) is 18.1. The number of rotatable bonds is 7. The van der Waals surface area contributed by atoms with Crippen LogP contribution >= 0.6 is 0 Å². The van der Waals surface area contributed by atoms with E-state index in [0.29, 0.717) is 38.3 Å². The molecule has 2 aliphatic heterocycles. The standard InChI is InChI=1S/C23H32O8/c1-23(15-2-4-16(5-3-15)26-10-18-12-28-21(24)30-18)9-14-8-17(6-7-20(14)23)27-11-19-13-29-22(25)31-19/h9,15-20H,2-8,10-13H2,1H3. The van der Waals surface area contributed by atoms with Crippen LogP contribution in [-0.4, -0.2) is 63.2 Å². The van der Waals surface area contributed by atoms with Gasteiger partial charge in [-0.1, -0.05) is 18.6 Å². The fourth-order valence-corrected chi connectivity index (χ4v) is 6.10. The Labute approximate surface area is 182 Å². The highest BCUT2D eigenvalue weighted by atomic mass is 16.8. The van der Waals surface area contributed by atoms with Crippen molar-refractivity contribution in [1.29, 1.82) is 0 Å². The van der Waals surface area contributed by atoms with Crippen molar-refractivity contribution in [2.75, 3.05) is 26.4 Å². The minimum atomic E-state index is -0.592. The molecule has 8 nitrogen and oxygen atoms in total. The van der Waals surface area contributed by atoms with Crippen molar-refractivity contribution in [2.45, 2.75) is 76.3 Å². The van der Waals surface area contributed by atoms with E-state index in [4.69, 9.17) is 28.4 Å². The van der Waals surface area contributed by atoms with Crippen molar-refractivity contribution in [3.63, 3.8) is 0 Å². The van der Waals surface area contributed by atoms with E-state index in [1.54, 1.807) is 5.57 Å². The van der Waals surface area contributed by atoms with E-state index in [1.165, 1.54) is 12.8 Å². The van der Waals surface area contributed by atoms with Gasteiger partial charge in [-0.15, -0.1) is 0 Å². The van der Waals surface area contributed by atoms with Crippen LogP contribution in [0.3, 0.4) is 0 Å². The highest BCUT2D eigenvalue weighted by molar-refractivity contribution is 5.62. The molecule has 5 atom stereocenters. The van der Waals surface area contributed by atoms with Gasteiger partial charge >= 0.3 is 12.3 Å². The minimum absolute atomic E-state index is 0.212. The van der Waals surface area contributed by atoms with Gasteiger partial charge in [0.1, 0.15) is 13.2 Å². The summed E-state index contributed by atoms with van der Waals surface area (Å²) in [6.07, 6.45) is 8.95. The van der Waals surface area contributed by atoms with E-state index in [9.17, 15) is 9.59 Å². The second-order valence-corrected chi connectivity index (χ2v) is 9.78. The Balaban J connectivity index is 1.05. The number of allylic oxidation sites excluding steroid dienone is 1. The molecule has 2 heterocycles. The minimum Gasteiger partial charge on any atom is -0.430 e. The fraction of sp³-hybridized carbons (Fsp3) is 0.826.